The predicted octanol–water partition coefficient (Wildman–Crippen LogP) is 2.34. The van der Waals surface area contributed by atoms with Crippen molar-refractivity contribution in [2.75, 3.05) is 6.54 Å². The van der Waals surface area contributed by atoms with E-state index < -0.39 is 0 Å². The summed E-state index contributed by atoms with van der Waals surface area (Å²) in [6.45, 7) is 4.27. The lowest BCUT2D eigenvalue weighted by atomic mass is 9.79. The fraction of sp³-hybridized carbons (Fsp3) is 0.500. The van der Waals surface area contributed by atoms with E-state index in [4.69, 9.17) is 9.62 Å². The lowest BCUT2D eigenvalue weighted by molar-refractivity contribution is -0.122. The largest absolute Gasteiger partial charge is 0.356 e. The second-order valence-electron chi connectivity index (χ2n) is 8.43. The van der Waals surface area contributed by atoms with Gasteiger partial charge in [0.2, 0.25) is 5.91 Å². The second kappa shape index (κ2) is 8.87. The van der Waals surface area contributed by atoms with E-state index in [-0.39, 0.29) is 18.0 Å². The molecule has 0 radical (unpaired) electrons. The van der Waals surface area contributed by atoms with E-state index in [0.717, 1.165) is 48.4 Å². The van der Waals surface area contributed by atoms with Crippen molar-refractivity contribution in [3.05, 3.63) is 51.8 Å². The Bertz CT molecular complexity index is 1120. The van der Waals surface area contributed by atoms with Crippen molar-refractivity contribution in [3.63, 3.8) is 0 Å². The minimum atomic E-state index is -0.269. The number of aryl methyl sites for hydroxylation is 3. The van der Waals surface area contributed by atoms with E-state index in [0.29, 0.717) is 24.1 Å². The fourth-order valence-corrected chi connectivity index (χ4v) is 4.24. The van der Waals surface area contributed by atoms with Gasteiger partial charge in [0.15, 0.2) is 5.76 Å². The third-order valence-corrected chi connectivity index (χ3v) is 5.87. The number of carbonyl (C=O) groups is 1. The highest BCUT2D eigenvalue weighted by Crippen LogP contribution is 2.39. The number of carbonyl (C=O) groups excluding carboxylic acids is 1. The van der Waals surface area contributed by atoms with Crippen LogP contribution in [-0.2, 0) is 18.4 Å². The molecule has 3 aromatic heterocycles. The van der Waals surface area contributed by atoms with Gasteiger partial charge in [0.05, 0.1) is 22.6 Å². The van der Waals surface area contributed by atoms with E-state index >= 15 is 0 Å². The third-order valence-electron chi connectivity index (χ3n) is 5.87. The molecule has 1 aliphatic carbocycles. The Morgan fingerprint density at radius 1 is 1.16 bits per heavy atom. The maximum Gasteiger partial charge on any atom is 0.267 e. The topological polar surface area (TPSA) is 108 Å². The van der Waals surface area contributed by atoms with Crippen LogP contribution in [0.5, 0.6) is 0 Å². The monoisotopic (exact) mass is 424 g/mol. The van der Waals surface area contributed by atoms with Crippen molar-refractivity contribution >= 4 is 5.91 Å². The van der Waals surface area contributed by atoms with Gasteiger partial charge in [-0.05, 0) is 51.5 Å². The van der Waals surface area contributed by atoms with Crippen molar-refractivity contribution in [1.82, 2.24) is 30.0 Å². The molecule has 1 saturated carbocycles. The normalized spacial score (nSPS) is 18.8. The second-order valence-corrected chi connectivity index (χ2v) is 8.43. The van der Waals surface area contributed by atoms with Gasteiger partial charge in [-0.2, -0.15) is 10.2 Å². The van der Waals surface area contributed by atoms with Gasteiger partial charge in [-0.1, -0.05) is 5.16 Å². The molecule has 31 heavy (non-hydrogen) atoms. The Kier molecular flexibility index (Phi) is 6.01. The Hall–Kier alpha value is -3.23. The lowest BCUT2D eigenvalue weighted by Crippen LogP contribution is -2.36. The molecule has 0 spiro atoms. The molecule has 0 bridgehead atoms. The molecular formula is C22H28N6O3. The number of hydrogen-bond acceptors (Lipinski definition) is 6. The first-order chi connectivity index (χ1) is 14.9. The first-order valence-corrected chi connectivity index (χ1v) is 10.7. The summed E-state index contributed by atoms with van der Waals surface area (Å²) in [4.78, 5) is 24.1. The zero-order valence-electron chi connectivity index (χ0n) is 18.2. The van der Waals surface area contributed by atoms with Crippen LogP contribution in [0.1, 0.15) is 48.7 Å². The van der Waals surface area contributed by atoms with E-state index in [1.807, 2.05) is 30.9 Å². The van der Waals surface area contributed by atoms with Gasteiger partial charge in [0.1, 0.15) is 6.54 Å². The van der Waals surface area contributed by atoms with Crippen molar-refractivity contribution in [3.8, 4) is 11.3 Å². The molecule has 1 amide bonds. The van der Waals surface area contributed by atoms with Crippen LogP contribution in [-0.4, -0.2) is 37.2 Å². The van der Waals surface area contributed by atoms with Gasteiger partial charge in [0, 0.05) is 37.8 Å². The summed E-state index contributed by atoms with van der Waals surface area (Å²) in [6.07, 6.45) is 6.04. The van der Waals surface area contributed by atoms with Crippen molar-refractivity contribution in [1.29, 1.82) is 0 Å². The molecule has 0 aliphatic heterocycles. The molecule has 1 fully saturated rings. The van der Waals surface area contributed by atoms with Crippen molar-refractivity contribution < 1.29 is 9.32 Å². The summed E-state index contributed by atoms with van der Waals surface area (Å²) in [5, 5.41) is 15.8. The molecule has 9 nitrogen and oxygen atoms in total. The average Bonchev–Trinajstić information content (AvgIpc) is 3.35. The summed E-state index contributed by atoms with van der Waals surface area (Å²) in [6, 6.07) is 5.02. The van der Waals surface area contributed by atoms with E-state index in [9.17, 15) is 9.59 Å². The zero-order valence-corrected chi connectivity index (χ0v) is 18.2. The van der Waals surface area contributed by atoms with E-state index in [1.165, 1.54) is 10.7 Å². The quantitative estimate of drug-likeness (QED) is 0.651. The van der Waals surface area contributed by atoms with E-state index in [2.05, 4.69) is 15.6 Å². The van der Waals surface area contributed by atoms with Gasteiger partial charge in [-0.15, -0.1) is 0 Å². The van der Waals surface area contributed by atoms with Crippen LogP contribution in [0.3, 0.4) is 0 Å². The Morgan fingerprint density at radius 3 is 2.65 bits per heavy atom. The summed E-state index contributed by atoms with van der Waals surface area (Å²) >= 11 is 0. The number of amides is 1. The van der Waals surface area contributed by atoms with Gasteiger partial charge >= 0.3 is 0 Å². The molecule has 1 N–H and O–H groups in total. The molecule has 0 atom stereocenters. The van der Waals surface area contributed by atoms with Crippen LogP contribution in [0.25, 0.3) is 11.3 Å². The molecule has 3 aromatic rings. The van der Waals surface area contributed by atoms with Gasteiger partial charge in [-0.3, -0.25) is 14.3 Å². The number of nitrogens with one attached hydrogen (secondary N) is 1. The minimum absolute atomic E-state index is 0.0518. The molecule has 1 aliphatic rings. The van der Waals surface area contributed by atoms with Crippen LogP contribution in [0, 0.1) is 19.8 Å². The third kappa shape index (κ3) is 4.92. The summed E-state index contributed by atoms with van der Waals surface area (Å²) in [5.74, 6) is 1.36. The van der Waals surface area contributed by atoms with Gasteiger partial charge < -0.3 is 9.84 Å². The number of hydrogen-bond donors (Lipinski definition) is 1. The number of rotatable bonds is 6. The molecule has 0 aromatic carbocycles. The Labute approximate surface area is 180 Å². The highest BCUT2D eigenvalue weighted by molar-refractivity contribution is 5.75. The predicted molar refractivity (Wildman–Crippen MR) is 114 cm³/mol. The van der Waals surface area contributed by atoms with Crippen molar-refractivity contribution in [2.24, 2.45) is 13.0 Å². The molecule has 9 heteroatoms. The first kappa shape index (κ1) is 21.0. The van der Waals surface area contributed by atoms with Crippen molar-refractivity contribution in [2.45, 2.75) is 52.0 Å². The van der Waals surface area contributed by atoms with Crippen LogP contribution in [0.2, 0.25) is 0 Å². The minimum Gasteiger partial charge on any atom is -0.356 e. The van der Waals surface area contributed by atoms with Crippen LogP contribution >= 0.6 is 0 Å². The first-order valence-electron chi connectivity index (χ1n) is 10.7. The van der Waals surface area contributed by atoms with Crippen LogP contribution in [0.4, 0.5) is 0 Å². The summed E-state index contributed by atoms with van der Waals surface area (Å²) in [5.41, 5.74) is 3.36. The summed E-state index contributed by atoms with van der Waals surface area (Å²) < 4.78 is 8.50. The van der Waals surface area contributed by atoms with Gasteiger partial charge in [-0.25, -0.2) is 4.68 Å². The highest BCUT2D eigenvalue weighted by atomic mass is 16.5. The highest BCUT2D eigenvalue weighted by Gasteiger charge is 2.28. The lowest BCUT2D eigenvalue weighted by Gasteiger charge is -2.28. The zero-order chi connectivity index (χ0) is 22.0. The molecular weight excluding hydrogens is 396 g/mol. The van der Waals surface area contributed by atoms with Crippen LogP contribution < -0.4 is 10.9 Å². The number of aromatic nitrogens is 5. The molecule has 0 saturated heterocycles. The molecule has 3 heterocycles. The molecule has 0 unspecified atom stereocenters. The average molecular weight is 425 g/mol. The maximum absolute atomic E-state index is 12.3. The van der Waals surface area contributed by atoms with Crippen LogP contribution in [0.15, 0.2) is 33.7 Å². The van der Waals surface area contributed by atoms with E-state index in [1.54, 1.807) is 13.0 Å². The Morgan fingerprint density at radius 2 is 1.94 bits per heavy atom. The summed E-state index contributed by atoms with van der Waals surface area (Å²) in [7, 11) is 1.92. The Balaban J connectivity index is 1.31. The maximum atomic E-state index is 12.3. The SMILES string of the molecule is Cc1cc(-c2cn(C)nc2C2CCC(CNC(=O)Cn3nc(C)ccc3=O)CC2)on1. The fourth-order valence-electron chi connectivity index (χ4n) is 4.24. The molecule has 4 rings (SSSR count). The van der Waals surface area contributed by atoms with Gasteiger partial charge in [0.25, 0.3) is 5.56 Å². The smallest absolute Gasteiger partial charge is 0.267 e. The molecule has 164 valence electrons. The number of nitrogens with zero attached hydrogens (tertiary/aromatic N) is 5. The standard InChI is InChI=1S/C22H28N6O3/c1-14-4-9-21(30)28(24-14)13-20(29)23-11-16-5-7-17(8-6-16)22-18(12-27(3)25-22)19-10-15(2)26-31-19/h4,9-10,12,16-17H,5-8,11,13H2,1-3H3,(H,23,29).